The van der Waals surface area contributed by atoms with Gasteiger partial charge in [0.1, 0.15) is 0 Å². The van der Waals surface area contributed by atoms with Crippen LogP contribution in [0.25, 0.3) is 5.69 Å². The number of ether oxygens (including phenoxy) is 1. The molecule has 3 rings (SSSR count). The van der Waals surface area contributed by atoms with Crippen LogP contribution in [0.3, 0.4) is 0 Å². The summed E-state index contributed by atoms with van der Waals surface area (Å²) >= 11 is 5.07. The third-order valence-electron chi connectivity index (χ3n) is 4.98. The largest absolute Gasteiger partial charge is 0.469 e. The second kappa shape index (κ2) is 9.57. The molecule has 0 aliphatic rings. The zero-order chi connectivity index (χ0) is 21.8. The zero-order valence-corrected chi connectivity index (χ0v) is 19.8. The number of halogens is 1. The summed E-state index contributed by atoms with van der Waals surface area (Å²) in [4.78, 5) is 27.1. The zero-order valence-electron chi connectivity index (χ0n) is 17.4. The number of nitrogens with zero attached hydrogens (tertiary/aromatic N) is 3. The molecule has 0 bridgehead atoms. The number of methoxy groups -OCH3 is 1. The Morgan fingerprint density at radius 1 is 1.17 bits per heavy atom. The van der Waals surface area contributed by atoms with E-state index < -0.39 is 0 Å². The maximum Gasteiger partial charge on any atom is 0.305 e. The molecular formula is C22H24BrN3O3S. The molecule has 0 atom stereocenters. The highest BCUT2D eigenvalue weighted by Gasteiger charge is 2.16. The lowest BCUT2D eigenvalue weighted by Gasteiger charge is -2.16. The van der Waals surface area contributed by atoms with Gasteiger partial charge in [-0.1, -0.05) is 0 Å². The third kappa shape index (κ3) is 4.99. The van der Waals surface area contributed by atoms with Gasteiger partial charge in [0.05, 0.1) is 28.8 Å². The second-order valence-electron chi connectivity index (χ2n) is 7.05. The number of aromatic nitrogens is 2. The Morgan fingerprint density at radius 3 is 2.47 bits per heavy atom. The monoisotopic (exact) mass is 489 g/mol. The van der Waals surface area contributed by atoms with Crippen LogP contribution < -0.4 is 0 Å². The first-order chi connectivity index (χ1) is 14.3. The molecule has 1 amide bonds. The van der Waals surface area contributed by atoms with Crippen molar-refractivity contribution in [3.05, 3.63) is 67.6 Å². The van der Waals surface area contributed by atoms with E-state index >= 15 is 0 Å². The van der Waals surface area contributed by atoms with Crippen molar-refractivity contribution in [2.75, 3.05) is 14.2 Å². The summed E-state index contributed by atoms with van der Waals surface area (Å²) in [5.74, 6) is -0.262. The average Bonchev–Trinajstić information content (AvgIpc) is 3.27. The Morgan fingerprint density at radius 2 is 1.87 bits per heavy atom. The molecule has 0 unspecified atom stereocenters. The highest BCUT2D eigenvalue weighted by atomic mass is 79.9. The average molecular weight is 490 g/mol. The first-order valence-electron chi connectivity index (χ1n) is 9.52. The van der Waals surface area contributed by atoms with Crippen LogP contribution in [0.2, 0.25) is 0 Å². The molecular weight excluding hydrogens is 466 g/mol. The van der Waals surface area contributed by atoms with Crippen molar-refractivity contribution in [1.29, 1.82) is 0 Å². The van der Waals surface area contributed by atoms with Gasteiger partial charge in [-0.05, 0) is 78.2 Å². The molecule has 0 aliphatic heterocycles. The van der Waals surface area contributed by atoms with Crippen molar-refractivity contribution in [3.8, 4) is 5.69 Å². The standard InChI is InChI=1S/C22H24BrN3O3S/c1-14-19(10-12-21(27)29-4)15(2)26(24-14)17-7-5-16(6-8-17)22(28)25(3)13-18-9-11-20(23)30-18/h5-9,11H,10,12-13H2,1-4H3. The minimum atomic E-state index is -0.233. The summed E-state index contributed by atoms with van der Waals surface area (Å²) in [6, 6.07) is 11.4. The fraction of sp³-hybridized carbons (Fsp3) is 0.318. The van der Waals surface area contributed by atoms with Crippen LogP contribution >= 0.6 is 27.3 Å². The summed E-state index contributed by atoms with van der Waals surface area (Å²) in [5, 5.41) is 4.62. The number of carbonyl (C=O) groups excluding carboxylic acids is 2. The second-order valence-corrected chi connectivity index (χ2v) is 9.60. The Labute approximate surface area is 188 Å². The number of hydrogen-bond donors (Lipinski definition) is 0. The lowest BCUT2D eigenvalue weighted by molar-refractivity contribution is -0.140. The maximum absolute atomic E-state index is 12.8. The SMILES string of the molecule is COC(=O)CCc1c(C)nn(-c2ccc(C(=O)N(C)Cc3ccc(Br)s3)cc2)c1C. The van der Waals surface area contributed by atoms with E-state index in [0.717, 1.165) is 31.3 Å². The Balaban J connectivity index is 1.73. The quantitative estimate of drug-likeness (QED) is 0.451. The molecule has 158 valence electrons. The van der Waals surface area contributed by atoms with E-state index in [-0.39, 0.29) is 11.9 Å². The van der Waals surface area contributed by atoms with Gasteiger partial charge in [0.2, 0.25) is 0 Å². The van der Waals surface area contributed by atoms with Gasteiger partial charge in [0.15, 0.2) is 0 Å². The van der Waals surface area contributed by atoms with Crippen LogP contribution in [0.5, 0.6) is 0 Å². The molecule has 8 heteroatoms. The van der Waals surface area contributed by atoms with Crippen LogP contribution in [-0.4, -0.2) is 40.7 Å². The molecule has 0 saturated heterocycles. The molecule has 0 radical (unpaired) electrons. The van der Waals surface area contributed by atoms with Gasteiger partial charge in [-0.15, -0.1) is 11.3 Å². The highest BCUT2D eigenvalue weighted by molar-refractivity contribution is 9.11. The number of thiophene rings is 1. The van der Waals surface area contributed by atoms with Crippen LogP contribution in [-0.2, 0) is 22.5 Å². The number of rotatable bonds is 7. The van der Waals surface area contributed by atoms with Crippen molar-refractivity contribution in [2.45, 2.75) is 33.2 Å². The molecule has 0 N–H and O–H groups in total. The first kappa shape index (κ1) is 22.2. The smallest absolute Gasteiger partial charge is 0.305 e. The predicted molar refractivity (Wildman–Crippen MR) is 121 cm³/mol. The van der Waals surface area contributed by atoms with Crippen molar-refractivity contribution < 1.29 is 14.3 Å². The molecule has 0 spiro atoms. The lowest BCUT2D eigenvalue weighted by atomic mass is 10.1. The van der Waals surface area contributed by atoms with Crippen LogP contribution in [0.15, 0.2) is 40.2 Å². The van der Waals surface area contributed by atoms with E-state index in [1.165, 1.54) is 7.11 Å². The van der Waals surface area contributed by atoms with E-state index in [2.05, 4.69) is 21.0 Å². The lowest BCUT2D eigenvalue weighted by Crippen LogP contribution is -2.25. The van der Waals surface area contributed by atoms with E-state index in [1.807, 2.05) is 54.9 Å². The molecule has 0 saturated carbocycles. The third-order valence-corrected chi connectivity index (χ3v) is 6.58. The molecule has 2 heterocycles. The normalized spacial score (nSPS) is 10.8. The molecule has 6 nitrogen and oxygen atoms in total. The van der Waals surface area contributed by atoms with E-state index in [9.17, 15) is 9.59 Å². The van der Waals surface area contributed by atoms with Gasteiger partial charge in [-0.25, -0.2) is 4.68 Å². The van der Waals surface area contributed by atoms with Gasteiger partial charge < -0.3 is 9.64 Å². The van der Waals surface area contributed by atoms with Gasteiger partial charge in [-0.3, -0.25) is 9.59 Å². The number of amides is 1. The Bertz CT molecular complexity index is 1060. The van der Waals surface area contributed by atoms with Crippen molar-refractivity contribution in [2.24, 2.45) is 0 Å². The minimum absolute atomic E-state index is 0.0294. The van der Waals surface area contributed by atoms with Crippen LogP contribution in [0.1, 0.15) is 38.6 Å². The topological polar surface area (TPSA) is 64.4 Å². The summed E-state index contributed by atoms with van der Waals surface area (Å²) in [6.07, 6.45) is 0.912. The fourth-order valence-electron chi connectivity index (χ4n) is 3.33. The molecule has 1 aromatic carbocycles. The number of carbonyl (C=O) groups is 2. The number of hydrogen-bond acceptors (Lipinski definition) is 5. The molecule has 0 fully saturated rings. The molecule has 3 aromatic rings. The number of aryl methyl sites for hydroxylation is 1. The molecule has 30 heavy (non-hydrogen) atoms. The highest BCUT2D eigenvalue weighted by Crippen LogP contribution is 2.24. The van der Waals surface area contributed by atoms with Crippen molar-refractivity contribution in [3.63, 3.8) is 0 Å². The van der Waals surface area contributed by atoms with E-state index in [4.69, 9.17) is 4.74 Å². The first-order valence-corrected chi connectivity index (χ1v) is 11.1. The van der Waals surface area contributed by atoms with Gasteiger partial charge in [0, 0.05) is 29.6 Å². The van der Waals surface area contributed by atoms with Crippen LogP contribution in [0.4, 0.5) is 0 Å². The van der Waals surface area contributed by atoms with Gasteiger partial charge in [0.25, 0.3) is 5.91 Å². The predicted octanol–water partition coefficient (Wildman–Crippen LogP) is 4.69. The van der Waals surface area contributed by atoms with E-state index in [0.29, 0.717) is 24.9 Å². The van der Waals surface area contributed by atoms with Crippen molar-refractivity contribution in [1.82, 2.24) is 14.7 Å². The van der Waals surface area contributed by atoms with Gasteiger partial charge >= 0.3 is 5.97 Å². The maximum atomic E-state index is 12.8. The number of esters is 1. The summed E-state index contributed by atoms with van der Waals surface area (Å²) in [7, 11) is 3.20. The Hall–Kier alpha value is -2.45. The Kier molecular flexibility index (Phi) is 7.10. The fourth-order valence-corrected chi connectivity index (χ4v) is 4.86. The van der Waals surface area contributed by atoms with Gasteiger partial charge in [-0.2, -0.15) is 5.10 Å². The number of benzene rings is 1. The minimum Gasteiger partial charge on any atom is -0.469 e. The summed E-state index contributed by atoms with van der Waals surface area (Å²) < 4.78 is 7.64. The van der Waals surface area contributed by atoms with E-state index in [1.54, 1.807) is 23.3 Å². The van der Waals surface area contributed by atoms with Crippen molar-refractivity contribution >= 4 is 39.1 Å². The summed E-state index contributed by atoms with van der Waals surface area (Å²) in [5.41, 5.74) is 4.42. The molecule has 0 aliphatic carbocycles. The molecule has 2 aromatic heterocycles. The summed E-state index contributed by atoms with van der Waals surface area (Å²) in [6.45, 7) is 4.49. The van der Waals surface area contributed by atoms with Crippen LogP contribution in [0, 0.1) is 13.8 Å².